The van der Waals surface area contributed by atoms with E-state index in [1.807, 2.05) is 18.2 Å². The van der Waals surface area contributed by atoms with Crippen LogP contribution in [-0.4, -0.2) is 0 Å². The summed E-state index contributed by atoms with van der Waals surface area (Å²) < 4.78 is 6.93. The minimum atomic E-state index is 0.457. The predicted octanol–water partition coefficient (Wildman–Crippen LogP) is 5.26. The van der Waals surface area contributed by atoms with Crippen LogP contribution in [0.2, 0.25) is 0 Å². The first-order chi connectivity index (χ1) is 9.78. The van der Waals surface area contributed by atoms with Crippen LogP contribution < -0.4 is 4.74 Å². The van der Waals surface area contributed by atoms with Gasteiger partial charge in [-0.1, -0.05) is 30.3 Å². The van der Waals surface area contributed by atoms with Crippen LogP contribution in [0.15, 0.2) is 40.9 Å². The van der Waals surface area contributed by atoms with Gasteiger partial charge in [0, 0.05) is 5.56 Å². The van der Waals surface area contributed by atoms with Gasteiger partial charge in [0.25, 0.3) is 0 Å². The zero-order chi connectivity index (χ0) is 13.9. The molecule has 1 nitrogen and oxygen atoms in total. The fourth-order valence-corrected chi connectivity index (χ4v) is 3.42. The van der Waals surface area contributed by atoms with Gasteiger partial charge < -0.3 is 4.74 Å². The van der Waals surface area contributed by atoms with Crippen molar-refractivity contribution in [1.29, 1.82) is 0 Å². The molecule has 0 heterocycles. The van der Waals surface area contributed by atoms with Crippen molar-refractivity contribution in [3.05, 3.63) is 63.1 Å². The third-order valence-electron chi connectivity index (χ3n) is 3.74. The van der Waals surface area contributed by atoms with E-state index < -0.39 is 0 Å². The Hall–Kier alpha value is -0.990. The number of aryl methyl sites for hydroxylation is 2. The Balaban J connectivity index is 1.77. The van der Waals surface area contributed by atoms with Gasteiger partial charge in [0.1, 0.15) is 12.4 Å². The number of hydrogen-bond donors (Lipinski definition) is 0. The molecule has 0 N–H and O–H groups in total. The summed E-state index contributed by atoms with van der Waals surface area (Å²) in [6.07, 6.45) is 3.70. The maximum Gasteiger partial charge on any atom is 0.138 e. The van der Waals surface area contributed by atoms with Crippen molar-refractivity contribution in [3.63, 3.8) is 0 Å². The average molecular weight is 352 g/mol. The van der Waals surface area contributed by atoms with Crippen LogP contribution in [0.4, 0.5) is 0 Å². The smallest absolute Gasteiger partial charge is 0.138 e. The highest BCUT2D eigenvalue weighted by molar-refractivity contribution is 9.10. The highest BCUT2D eigenvalue weighted by Crippen LogP contribution is 2.31. The minimum Gasteiger partial charge on any atom is -0.487 e. The molecule has 20 heavy (non-hydrogen) atoms. The molecule has 0 amide bonds. The first kappa shape index (κ1) is 14.0. The standard InChI is InChI=1S/C17H16BrClO/c18-16-6-2-5-15(10-19)17(16)20-11-12-7-8-13-3-1-4-14(13)9-12/h2,5-9H,1,3-4,10-11H2. The van der Waals surface area contributed by atoms with Crippen LogP contribution in [0.1, 0.15) is 28.7 Å². The number of para-hydroxylation sites is 1. The van der Waals surface area contributed by atoms with Gasteiger partial charge >= 0.3 is 0 Å². The molecule has 0 saturated carbocycles. The van der Waals surface area contributed by atoms with Crippen molar-refractivity contribution < 1.29 is 4.74 Å². The quantitative estimate of drug-likeness (QED) is 0.683. The topological polar surface area (TPSA) is 9.23 Å². The summed E-state index contributed by atoms with van der Waals surface area (Å²) in [7, 11) is 0. The third-order valence-corrected chi connectivity index (χ3v) is 4.65. The predicted molar refractivity (Wildman–Crippen MR) is 86.5 cm³/mol. The van der Waals surface area contributed by atoms with E-state index >= 15 is 0 Å². The van der Waals surface area contributed by atoms with Gasteiger partial charge in [0.05, 0.1) is 10.4 Å². The lowest BCUT2D eigenvalue weighted by molar-refractivity contribution is 0.301. The van der Waals surface area contributed by atoms with Crippen LogP contribution in [0, 0.1) is 0 Å². The van der Waals surface area contributed by atoms with Crippen molar-refractivity contribution in [2.24, 2.45) is 0 Å². The summed E-state index contributed by atoms with van der Waals surface area (Å²) in [4.78, 5) is 0. The molecule has 0 spiro atoms. The molecule has 0 unspecified atom stereocenters. The highest BCUT2D eigenvalue weighted by Gasteiger charge is 2.12. The number of benzene rings is 2. The van der Waals surface area contributed by atoms with Crippen LogP contribution in [0.3, 0.4) is 0 Å². The fourth-order valence-electron chi connectivity index (χ4n) is 2.69. The van der Waals surface area contributed by atoms with E-state index in [9.17, 15) is 0 Å². The number of hydrogen-bond acceptors (Lipinski definition) is 1. The van der Waals surface area contributed by atoms with Gasteiger partial charge in [-0.3, -0.25) is 0 Å². The molecule has 0 fully saturated rings. The summed E-state index contributed by atoms with van der Waals surface area (Å²) in [6.45, 7) is 0.583. The molecule has 0 aliphatic heterocycles. The largest absolute Gasteiger partial charge is 0.487 e. The second kappa shape index (κ2) is 6.19. The van der Waals surface area contributed by atoms with E-state index in [-0.39, 0.29) is 0 Å². The molecule has 0 saturated heterocycles. The lowest BCUT2D eigenvalue weighted by Crippen LogP contribution is -1.99. The van der Waals surface area contributed by atoms with Crippen LogP contribution >= 0.6 is 27.5 Å². The number of ether oxygens (including phenoxy) is 1. The Morgan fingerprint density at radius 1 is 1.10 bits per heavy atom. The monoisotopic (exact) mass is 350 g/mol. The van der Waals surface area contributed by atoms with Gasteiger partial charge in [-0.2, -0.15) is 0 Å². The second-order valence-corrected chi connectivity index (χ2v) is 6.23. The summed E-state index contributed by atoms with van der Waals surface area (Å²) in [5, 5.41) is 0. The Kier molecular flexibility index (Phi) is 4.32. The van der Waals surface area contributed by atoms with E-state index in [4.69, 9.17) is 16.3 Å². The molecule has 0 aromatic heterocycles. The SMILES string of the molecule is ClCc1cccc(Br)c1OCc1ccc2c(c1)CCC2. The normalized spacial score (nSPS) is 13.3. The molecular weight excluding hydrogens is 336 g/mol. The minimum absolute atomic E-state index is 0.457. The van der Waals surface area contributed by atoms with Gasteiger partial charge in [0.15, 0.2) is 0 Å². The number of fused-ring (bicyclic) bond motifs is 1. The Morgan fingerprint density at radius 2 is 1.95 bits per heavy atom. The summed E-state index contributed by atoms with van der Waals surface area (Å²) in [5.74, 6) is 1.31. The molecule has 0 atom stereocenters. The highest BCUT2D eigenvalue weighted by atomic mass is 79.9. The zero-order valence-corrected chi connectivity index (χ0v) is 13.5. The van der Waals surface area contributed by atoms with E-state index in [0.29, 0.717) is 12.5 Å². The second-order valence-electron chi connectivity index (χ2n) is 5.11. The maximum absolute atomic E-state index is 5.97. The maximum atomic E-state index is 5.97. The van der Waals surface area contributed by atoms with Crippen LogP contribution in [0.5, 0.6) is 5.75 Å². The lowest BCUT2D eigenvalue weighted by atomic mass is 10.1. The molecular formula is C17H16BrClO. The molecule has 2 aromatic rings. The molecule has 0 radical (unpaired) electrons. The molecule has 2 aromatic carbocycles. The van der Waals surface area contributed by atoms with Crippen molar-refractivity contribution >= 4 is 27.5 Å². The van der Waals surface area contributed by atoms with Gasteiger partial charge in [0.2, 0.25) is 0 Å². The molecule has 104 valence electrons. The average Bonchev–Trinajstić information content (AvgIpc) is 2.93. The number of halogens is 2. The van der Waals surface area contributed by atoms with Crippen molar-refractivity contribution in [2.75, 3.05) is 0 Å². The first-order valence-corrected chi connectivity index (χ1v) is 8.17. The van der Waals surface area contributed by atoms with Crippen molar-refractivity contribution in [3.8, 4) is 5.75 Å². The summed E-state index contributed by atoms with van der Waals surface area (Å²) in [6, 6.07) is 12.6. The molecule has 3 rings (SSSR count). The Labute approximate surface area is 133 Å². The zero-order valence-electron chi connectivity index (χ0n) is 11.2. The number of rotatable bonds is 4. The van der Waals surface area contributed by atoms with E-state index in [0.717, 1.165) is 15.8 Å². The van der Waals surface area contributed by atoms with Crippen LogP contribution in [-0.2, 0) is 25.3 Å². The Morgan fingerprint density at radius 3 is 2.80 bits per heavy atom. The molecule has 1 aliphatic carbocycles. The molecule has 0 bridgehead atoms. The van der Waals surface area contributed by atoms with E-state index in [1.165, 1.54) is 36.0 Å². The van der Waals surface area contributed by atoms with Crippen LogP contribution in [0.25, 0.3) is 0 Å². The third kappa shape index (κ3) is 2.87. The molecule has 1 aliphatic rings. The Bertz CT molecular complexity index is 624. The van der Waals surface area contributed by atoms with Crippen molar-refractivity contribution in [1.82, 2.24) is 0 Å². The van der Waals surface area contributed by atoms with Gasteiger partial charge in [-0.05, 0) is 57.9 Å². The van der Waals surface area contributed by atoms with Gasteiger partial charge in [-0.25, -0.2) is 0 Å². The van der Waals surface area contributed by atoms with Crippen molar-refractivity contribution in [2.45, 2.75) is 31.7 Å². The number of alkyl halides is 1. The van der Waals surface area contributed by atoms with E-state index in [1.54, 1.807) is 0 Å². The van der Waals surface area contributed by atoms with E-state index in [2.05, 4.69) is 34.1 Å². The van der Waals surface area contributed by atoms with Gasteiger partial charge in [-0.15, -0.1) is 11.6 Å². The summed E-state index contributed by atoms with van der Waals surface area (Å²) >= 11 is 9.49. The molecule has 3 heteroatoms. The lowest BCUT2D eigenvalue weighted by Gasteiger charge is -2.12. The summed E-state index contributed by atoms with van der Waals surface area (Å²) in [5.41, 5.74) is 5.22. The first-order valence-electron chi connectivity index (χ1n) is 6.85. The fraction of sp³-hybridized carbons (Fsp3) is 0.294.